The zero-order chi connectivity index (χ0) is 26.1. The number of esters is 1. The largest absolute Gasteiger partial charge is 0.471 e. The van der Waals surface area contributed by atoms with E-state index >= 15 is 0 Å². The predicted molar refractivity (Wildman–Crippen MR) is 133 cm³/mol. The standard InChI is InChI=1S/C27H39N3O6/c1-5-6-19(30-24(34)22-7-8-23(33)35-22)21(32)15-28-20-13-27(11-17(31)12-27)36-25-18(20)9-16(14-29-25)10-26(2,3)4/h5,9,14,17,19-22,28,31-32H,1,6-8,10-13,15H2,2-4H3,(H,30,34)/t17?,19-,20-,21+,22-,27?/m0/s1. The molecule has 2 fully saturated rings. The van der Waals surface area contributed by atoms with E-state index in [1.165, 1.54) is 0 Å². The molecule has 0 unspecified atom stereocenters. The van der Waals surface area contributed by atoms with E-state index in [1.807, 2.05) is 6.20 Å². The van der Waals surface area contributed by atoms with Gasteiger partial charge in [0.1, 0.15) is 5.60 Å². The van der Waals surface area contributed by atoms with Crippen LogP contribution in [0.5, 0.6) is 5.88 Å². The number of nitrogens with one attached hydrogen (secondary N) is 2. The number of carbonyl (C=O) groups is 2. The molecular formula is C27H39N3O6. The molecule has 1 saturated carbocycles. The number of cyclic esters (lactones) is 1. The van der Waals surface area contributed by atoms with Crippen LogP contribution >= 0.6 is 0 Å². The van der Waals surface area contributed by atoms with Gasteiger partial charge in [0, 0.05) is 56.5 Å². The summed E-state index contributed by atoms with van der Waals surface area (Å²) in [7, 11) is 0. The Hall–Kier alpha value is -2.49. The summed E-state index contributed by atoms with van der Waals surface area (Å²) in [5.74, 6) is -0.219. The topological polar surface area (TPSA) is 130 Å². The Morgan fingerprint density at radius 1 is 1.36 bits per heavy atom. The first kappa shape index (κ1) is 26.6. The van der Waals surface area contributed by atoms with Gasteiger partial charge in [-0.3, -0.25) is 9.59 Å². The summed E-state index contributed by atoms with van der Waals surface area (Å²) in [6.07, 6.45) is 4.96. The molecule has 0 radical (unpaired) electrons. The molecule has 2 aliphatic heterocycles. The highest BCUT2D eigenvalue weighted by Crippen LogP contribution is 2.48. The van der Waals surface area contributed by atoms with Gasteiger partial charge in [-0.2, -0.15) is 0 Å². The normalized spacial score (nSPS) is 28.9. The lowest BCUT2D eigenvalue weighted by Crippen LogP contribution is -2.56. The highest BCUT2D eigenvalue weighted by molar-refractivity contribution is 5.86. The third-order valence-electron chi connectivity index (χ3n) is 7.11. The van der Waals surface area contributed by atoms with Crippen LogP contribution in [-0.2, 0) is 20.7 Å². The number of hydrogen-bond donors (Lipinski definition) is 4. The number of pyridine rings is 1. The lowest BCUT2D eigenvalue weighted by Gasteiger charge is -2.50. The predicted octanol–water partition coefficient (Wildman–Crippen LogP) is 2.10. The minimum atomic E-state index is -0.899. The van der Waals surface area contributed by atoms with Gasteiger partial charge in [-0.1, -0.05) is 26.8 Å². The first-order valence-electron chi connectivity index (χ1n) is 12.8. The molecule has 3 heterocycles. The van der Waals surface area contributed by atoms with Crippen LogP contribution in [0.2, 0.25) is 0 Å². The molecular weight excluding hydrogens is 462 g/mol. The van der Waals surface area contributed by atoms with E-state index in [1.54, 1.807) is 6.08 Å². The number of hydrogen-bond acceptors (Lipinski definition) is 8. The smallest absolute Gasteiger partial charge is 0.306 e. The van der Waals surface area contributed by atoms with Crippen molar-refractivity contribution in [3.05, 3.63) is 36.0 Å². The van der Waals surface area contributed by atoms with Crippen LogP contribution in [-0.4, -0.2) is 63.6 Å². The number of amides is 1. The number of aliphatic hydroxyl groups excluding tert-OH is 2. The average Bonchev–Trinajstić information content (AvgIpc) is 3.21. The molecule has 1 amide bonds. The second-order valence-corrected chi connectivity index (χ2v) is 11.7. The van der Waals surface area contributed by atoms with Gasteiger partial charge in [-0.15, -0.1) is 6.58 Å². The number of aromatic nitrogens is 1. The first-order valence-corrected chi connectivity index (χ1v) is 12.8. The SMILES string of the molecule is C=CC[C@H](NC(=O)[C@@H]1CCC(=O)O1)[C@H](O)CN[C@H]1CC2(CC(O)C2)Oc2ncc(CC(C)(C)C)cc21. The van der Waals surface area contributed by atoms with Crippen molar-refractivity contribution in [2.45, 2.75) is 102 Å². The molecule has 1 saturated heterocycles. The fourth-order valence-electron chi connectivity index (χ4n) is 5.40. The lowest BCUT2D eigenvalue weighted by atomic mass is 9.71. The summed E-state index contributed by atoms with van der Waals surface area (Å²) in [6.45, 7) is 10.5. The van der Waals surface area contributed by atoms with E-state index in [-0.39, 0.29) is 36.5 Å². The van der Waals surface area contributed by atoms with E-state index in [9.17, 15) is 19.8 Å². The number of fused-ring (bicyclic) bond motifs is 1. The van der Waals surface area contributed by atoms with Gasteiger partial charge in [0.25, 0.3) is 5.91 Å². The molecule has 198 valence electrons. The molecule has 9 nitrogen and oxygen atoms in total. The van der Waals surface area contributed by atoms with E-state index in [2.05, 4.69) is 49.0 Å². The van der Waals surface area contributed by atoms with Crippen LogP contribution in [0.25, 0.3) is 0 Å². The fourth-order valence-corrected chi connectivity index (χ4v) is 5.40. The Morgan fingerprint density at radius 3 is 2.72 bits per heavy atom. The van der Waals surface area contributed by atoms with Gasteiger partial charge in [0.15, 0.2) is 6.10 Å². The molecule has 1 aromatic rings. The average molecular weight is 502 g/mol. The molecule has 4 rings (SSSR count). The molecule has 1 spiro atoms. The van der Waals surface area contributed by atoms with Crippen LogP contribution in [0.3, 0.4) is 0 Å². The summed E-state index contributed by atoms with van der Waals surface area (Å²) >= 11 is 0. The molecule has 1 aliphatic carbocycles. The molecule has 4 atom stereocenters. The lowest BCUT2D eigenvalue weighted by molar-refractivity contribution is -0.148. The van der Waals surface area contributed by atoms with Crippen LogP contribution in [0.15, 0.2) is 24.9 Å². The Balaban J connectivity index is 1.46. The monoisotopic (exact) mass is 501 g/mol. The van der Waals surface area contributed by atoms with Gasteiger partial charge in [-0.05, 0) is 29.9 Å². The van der Waals surface area contributed by atoms with Crippen molar-refractivity contribution in [3.63, 3.8) is 0 Å². The highest BCUT2D eigenvalue weighted by atomic mass is 16.6. The Kier molecular flexibility index (Phi) is 7.73. The van der Waals surface area contributed by atoms with Gasteiger partial charge in [-0.25, -0.2) is 4.98 Å². The number of ether oxygens (including phenoxy) is 2. The molecule has 4 N–H and O–H groups in total. The fraction of sp³-hybridized carbons (Fsp3) is 0.667. The maximum absolute atomic E-state index is 12.6. The molecule has 9 heteroatoms. The number of aliphatic hydroxyl groups is 2. The van der Waals surface area contributed by atoms with Crippen molar-refractivity contribution in [1.29, 1.82) is 0 Å². The quantitative estimate of drug-likeness (QED) is 0.299. The summed E-state index contributed by atoms with van der Waals surface area (Å²) in [4.78, 5) is 28.6. The van der Waals surface area contributed by atoms with Crippen molar-refractivity contribution in [2.24, 2.45) is 5.41 Å². The number of carbonyl (C=O) groups excluding carboxylic acids is 2. The van der Waals surface area contributed by atoms with E-state index in [0.717, 1.165) is 17.5 Å². The van der Waals surface area contributed by atoms with E-state index < -0.39 is 29.8 Å². The van der Waals surface area contributed by atoms with Crippen LogP contribution in [0, 0.1) is 5.41 Å². The zero-order valence-corrected chi connectivity index (χ0v) is 21.5. The number of nitrogens with zero attached hydrogens (tertiary/aromatic N) is 1. The highest BCUT2D eigenvalue weighted by Gasteiger charge is 2.51. The minimum absolute atomic E-state index is 0.105. The minimum Gasteiger partial charge on any atom is -0.471 e. The number of rotatable bonds is 9. The summed E-state index contributed by atoms with van der Waals surface area (Å²) in [6, 6.07) is 1.42. The second kappa shape index (κ2) is 10.5. The van der Waals surface area contributed by atoms with Gasteiger partial charge in [0.05, 0.1) is 18.2 Å². The van der Waals surface area contributed by atoms with Gasteiger partial charge >= 0.3 is 5.97 Å². The molecule has 0 bridgehead atoms. The van der Waals surface area contributed by atoms with Crippen molar-refractivity contribution in [3.8, 4) is 5.88 Å². The Labute approximate surface area is 212 Å². The van der Waals surface area contributed by atoms with Gasteiger partial charge in [0.2, 0.25) is 5.88 Å². The van der Waals surface area contributed by atoms with Crippen LogP contribution in [0.4, 0.5) is 0 Å². The molecule has 0 aromatic carbocycles. The van der Waals surface area contributed by atoms with E-state index in [4.69, 9.17) is 9.47 Å². The zero-order valence-electron chi connectivity index (χ0n) is 21.5. The summed E-state index contributed by atoms with van der Waals surface area (Å²) in [5.41, 5.74) is 1.70. The first-order chi connectivity index (χ1) is 17.0. The van der Waals surface area contributed by atoms with Crippen LogP contribution in [0.1, 0.15) is 76.5 Å². The molecule has 1 aromatic heterocycles. The van der Waals surface area contributed by atoms with Crippen LogP contribution < -0.4 is 15.4 Å². The van der Waals surface area contributed by atoms with Crippen molar-refractivity contribution < 1.29 is 29.3 Å². The van der Waals surface area contributed by atoms with Gasteiger partial charge < -0.3 is 30.3 Å². The summed E-state index contributed by atoms with van der Waals surface area (Å²) < 4.78 is 11.3. The molecule has 3 aliphatic rings. The van der Waals surface area contributed by atoms with Crippen molar-refractivity contribution in [1.82, 2.24) is 15.6 Å². The third-order valence-corrected chi connectivity index (χ3v) is 7.11. The Morgan fingerprint density at radius 2 is 2.11 bits per heavy atom. The maximum atomic E-state index is 12.6. The van der Waals surface area contributed by atoms with Crippen molar-refractivity contribution >= 4 is 11.9 Å². The Bertz CT molecular complexity index is 984. The second-order valence-electron chi connectivity index (χ2n) is 11.7. The summed E-state index contributed by atoms with van der Waals surface area (Å²) in [5, 5.41) is 27.3. The molecule has 36 heavy (non-hydrogen) atoms. The third kappa shape index (κ3) is 6.25. The van der Waals surface area contributed by atoms with E-state index in [0.29, 0.717) is 38.0 Å². The maximum Gasteiger partial charge on any atom is 0.306 e. The van der Waals surface area contributed by atoms with Crippen molar-refractivity contribution in [2.75, 3.05) is 6.54 Å².